The summed E-state index contributed by atoms with van der Waals surface area (Å²) >= 11 is 7.72. The molecular weight excluding hydrogens is 567 g/mol. The van der Waals surface area contributed by atoms with E-state index in [2.05, 4.69) is 14.8 Å². The van der Waals surface area contributed by atoms with Crippen LogP contribution < -0.4 is 9.44 Å². The molecule has 16 heteroatoms. The summed E-state index contributed by atoms with van der Waals surface area (Å²) in [5.74, 6) is -0.913. The summed E-state index contributed by atoms with van der Waals surface area (Å²) in [6, 6.07) is 2.23. The second kappa shape index (κ2) is 10.1. The van der Waals surface area contributed by atoms with Crippen molar-refractivity contribution in [2.75, 3.05) is 6.54 Å². The number of amidine groups is 1. The third kappa shape index (κ3) is 5.18. The fraction of sp³-hybridized carbons (Fsp3) is 0.273. The van der Waals surface area contributed by atoms with Crippen LogP contribution in [0.4, 0.5) is 13.2 Å². The topological polar surface area (TPSA) is 122 Å². The molecule has 38 heavy (non-hydrogen) atoms. The van der Waals surface area contributed by atoms with Gasteiger partial charge in [0, 0.05) is 65.6 Å². The van der Waals surface area contributed by atoms with Gasteiger partial charge in [0.05, 0.1) is 6.20 Å². The van der Waals surface area contributed by atoms with E-state index >= 15 is 0 Å². The first-order valence-corrected chi connectivity index (χ1v) is 13.8. The van der Waals surface area contributed by atoms with Gasteiger partial charge in [0.15, 0.2) is 10.8 Å². The van der Waals surface area contributed by atoms with Gasteiger partial charge in [-0.05, 0) is 17.7 Å². The van der Waals surface area contributed by atoms with Crippen LogP contribution in [0.15, 0.2) is 52.9 Å². The zero-order valence-electron chi connectivity index (χ0n) is 19.5. The fourth-order valence-corrected chi connectivity index (χ4v) is 6.45. The van der Waals surface area contributed by atoms with Gasteiger partial charge in [-0.3, -0.25) is 9.79 Å². The Morgan fingerprint density at radius 2 is 2.11 bits per heavy atom. The number of rotatable bonds is 7. The van der Waals surface area contributed by atoms with Gasteiger partial charge in [-0.1, -0.05) is 17.7 Å². The molecule has 5 rings (SSSR count). The molecule has 0 radical (unpaired) electrons. The fourth-order valence-electron chi connectivity index (χ4n) is 4.50. The molecule has 2 aliphatic rings. The summed E-state index contributed by atoms with van der Waals surface area (Å²) in [6.45, 7) is -1.71. The van der Waals surface area contributed by atoms with Gasteiger partial charge in [0.25, 0.3) is 0 Å². The highest BCUT2D eigenvalue weighted by Gasteiger charge is 2.41. The number of fused-ring (bicyclic) bond motifs is 1. The smallest absolute Gasteiger partial charge is 0.326 e. The molecule has 0 unspecified atom stereocenters. The minimum atomic E-state index is -4.17. The maximum atomic E-state index is 13.9. The highest BCUT2D eigenvalue weighted by molar-refractivity contribution is 7.88. The molecule has 0 saturated carbocycles. The number of hydrogen-bond acceptors (Lipinski definition) is 8. The molecule has 2 N–H and O–H groups in total. The third-order valence-corrected chi connectivity index (χ3v) is 8.15. The standard InChI is InChI=1S/C22H19ClF3N7O3S2/c1-11(34)30-38(35,36)31-14-7-17-18(12-8-28-33(9-12)22(25)26)19(15-3-2-13(24)6-16(15)23)29-20(32(17)10-14)21-27-4-5-37-21/h2-6,8-9,14,19,22,31H,7,10H2,1H3,(H,30,34)/t14-,19-/m0/s1. The summed E-state index contributed by atoms with van der Waals surface area (Å²) in [6.07, 6.45) is 4.12. The quantitative estimate of drug-likeness (QED) is 0.438. The number of halogens is 4. The zero-order chi connectivity index (χ0) is 27.2. The Morgan fingerprint density at radius 3 is 2.74 bits per heavy atom. The number of benzene rings is 1. The van der Waals surface area contributed by atoms with E-state index in [-0.39, 0.29) is 18.0 Å². The minimum Gasteiger partial charge on any atom is -0.326 e. The van der Waals surface area contributed by atoms with E-state index in [4.69, 9.17) is 16.6 Å². The van der Waals surface area contributed by atoms with E-state index in [9.17, 15) is 26.4 Å². The van der Waals surface area contributed by atoms with Gasteiger partial charge in [-0.2, -0.15) is 27.0 Å². The second-order valence-corrected chi connectivity index (χ2v) is 11.2. The van der Waals surface area contributed by atoms with Crippen molar-refractivity contribution in [1.82, 2.24) is 29.1 Å². The SMILES string of the molecule is CC(=O)NS(=O)(=O)N[C@H]1CC2=C(c3cnn(C(F)F)c3)[C@H](c3ccc(F)cc3Cl)N=C(c3nccs3)N2C1. The normalized spacial score (nSPS) is 19.6. The Hall–Kier alpha value is -3.27. The van der Waals surface area contributed by atoms with Crippen LogP contribution in [0.3, 0.4) is 0 Å². The lowest BCUT2D eigenvalue weighted by molar-refractivity contribution is -0.117. The number of nitrogens with one attached hydrogen (secondary N) is 2. The molecule has 1 aromatic carbocycles. The van der Waals surface area contributed by atoms with E-state index in [1.165, 1.54) is 29.7 Å². The lowest BCUT2D eigenvalue weighted by Gasteiger charge is -2.32. The monoisotopic (exact) mass is 585 g/mol. The predicted molar refractivity (Wildman–Crippen MR) is 134 cm³/mol. The first-order chi connectivity index (χ1) is 18.0. The number of alkyl halides is 2. The van der Waals surface area contributed by atoms with E-state index in [0.29, 0.717) is 37.9 Å². The summed E-state index contributed by atoms with van der Waals surface area (Å²) in [5.41, 5.74) is 1.74. The van der Waals surface area contributed by atoms with Gasteiger partial charge in [-0.15, -0.1) is 11.3 Å². The van der Waals surface area contributed by atoms with E-state index in [1.807, 2.05) is 4.72 Å². The van der Waals surface area contributed by atoms with Crippen LogP contribution in [0.1, 0.15) is 42.1 Å². The molecule has 4 heterocycles. The van der Waals surface area contributed by atoms with Crippen LogP contribution in [-0.2, 0) is 15.0 Å². The van der Waals surface area contributed by atoms with Crippen molar-refractivity contribution in [3.8, 4) is 0 Å². The maximum absolute atomic E-state index is 13.9. The van der Waals surface area contributed by atoms with Crippen molar-refractivity contribution in [3.63, 3.8) is 0 Å². The number of hydrogen-bond donors (Lipinski definition) is 2. The summed E-state index contributed by atoms with van der Waals surface area (Å²) in [7, 11) is -4.17. The highest BCUT2D eigenvalue weighted by Crippen LogP contribution is 2.46. The molecule has 2 atom stereocenters. The van der Waals surface area contributed by atoms with Crippen molar-refractivity contribution < 1.29 is 26.4 Å². The Morgan fingerprint density at radius 1 is 1.32 bits per heavy atom. The van der Waals surface area contributed by atoms with Crippen molar-refractivity contribution >= 4 is 50.5 Å². The van der Waals surface area contributed by atoms with Crippen LogP contribution in [0.5, 0.6) is 0 Å². The molecule has 2 aliphatic heterocycles. The third-order valence-electron chi connectivity index (χ3n) is 5.85. The van der Waals surface area contributed by atoms with Gasteiger partial charge < -0.3 is 4.90 Å². The minimum absolute atomic E-state index is 0.0750. The Bertz CT molecular complexity index is 1560. The van der Waals surface area contributed by atoms with Crippen molar-refractivity contribution in [2.24, 2.45) is 4.99 Å². The molecule has 0 aliphatic carbocycles. The van der Waals surface area contributed by atoms with Crippen LogP contribution in [0, 0.1) is 5.82 Å². The van der Waals surface area contributed by atoms with Crippen LogP contribution in [0.2, 0.25) is 5.02 Å². The average Bonchev–Trinajstić information content (AvgIpc) is 3.57. The number of thiazole rings is 1. The molecule has 2 aromatic heterocycles. The van der Waals surface area contributed by atoms with Gasteiger partial charge in [0.2, 0.25) is 5.91 Å². The number of aromatic nitrogens is 3. The molecule has 10 nitrogen and oxygen atoms in total. The van der Waals surface area contributed by atoms with Gasteiger partial charge in [0.1, 0.15) is 11.9 Å². The molecule has 0 bridgehead atoms. The molecule has 1 fully saturated rings. The zero-order valence-corrected chi connectivity index (χ0v) is 21.9. The van der Waals surface area contributed by atoms with Crippen LogP contribution in [-0.4, -0.2) is 52.4 Å². The van der Waals surface area contributed by atoms with E-state index in [1.54, 1.807) is 16.5 Å². The molecule has 1 saturated heterocycles. The van der Waals surface area contributed by atoms with E-state index < -0.39 is 40.6 Å². The average molecular weight is 586 g/mol. The van der Waals surface area contributed by atoms with Crippen molar-refractivity contribution in [3.05, 3.63) is 74.8 Å². The van der Waals surface area contributed by atoms with Crippen LogP contribution in [0.25, 0.3) is 5.57 Å². The van der Waals surface area contributed by atoms with Crippen LogP contribution >= 0.6 is 22.9 Å². The van der Waals surface area contributed by atoms with Gasteiger partial charge >= 0.3 is 16.8 Å². The number of carbonyl (C=O) groups is 1. The predicted octanol–water partition coefficient (Wildman–Crippen LogP) is 3.48. The molecule has 0 spiro atoms. The number of amides is 1. The highest BCUT2D eigenvalue weighted by atomic mass is 35.5. The Labute approximate surface area is 224 Å². The summed E-state index contributed by atoms with van der Waals surface area (Å²) in [4.78, 5) is 22.3. The summed E-state index contributed by atoms with van der Waals surface area (Å²) < 4.78 is 70.4. The first kappa shape index (κ1) is 26.3. The largest absolute Gasteiger partial charge is 0.333 e. The second-order valence-electron chi connectivity index (χ2n) is 8.50. The lowest BCUT2D eigenvalue weighted by Crippen LogP contribution is -2.45. The molecule has 1 amide bonds. The molecular formula is C22H19ClF3N7O3S2. The number of carbonyl (C=O) groups excluding carboxylic acids is 1. The van der Waals surface area contributed by atoms with E-state index in [0.717, 1.165) is 19.2 Å². The van der Waals surface area contributed by atoms with Gasteiger partial charge in [-0.25, -0.2) is 18.8 Å². The lowest BCUT2D eigenvalue weighted by atomic mass is 9.91. The number of nitrogens with zero attached hydrogens (tertiary/aromatic N) is 5. The first-order valence-electron chi connectivity index (χ1n) is 11.1. The maximum Gasteiger partial charge on any atom is 0.333 e. The van der Waals surface area contributed by atoms with Crippen molar-refractivity contribution in [2.45, 2.75) is 32.0 Å². The van der Waals surface area contributed by atoms with Crippen molar-refractivity contribution in [1.29, 1.82) is 0 Å². The molecule has 200 valence electrons. The summed E-state index contributed by atoms with van der Waals surface area (Å²) in [5, 5.41) is 6.10. The Balaban J connectivity index is 1.67. The molecule has 3 aromatic rings. The number of aliphatic imine (C=N–C) groups is 1. The Kier molecular flexibility index (Phi) is 7.02.